The fourth-order valence-corrected chi connectivity index (χ4v) is 2.14. The van der Waals surface area contributed by atoms with Crippen LogP contribution >= 0.6 is 0 Å². The van der Waals surface area contributed by atoms with Crippen LogP contribution in [0.3, 0.4) is 0 Å². The van der Waals surface area contributed by atoms with E-state index in [2.05, 4.69) is 10.3 Å². The molecule has 0 atom stereocenters. The highest BCUT2D eigenvalue weighted by molar-refractivity contribution is 7.89. The second kappa shape index (κ2) is 5.89. The molecule has 0 aliphatic heterocycles. The maximum absolute atomic E-state index is 11.1. The molecule has 20 heavy (non-hydrogen) atoms. The first kappa shape index (κ1) is 14.3. The van der Waals surface area contributed by atoms with Gasteiger partial charge >= 0.3 is 0 Å². The predicted molar refractivity (Wildman–Crippen MR) is 75.9 cm³/mol. The average molecular weight is 293 g/mol. The van der Waals surface area contributed by atoms with Crippen molar-refractivity contribution in [2.24, 2.45) is 5.14 Å². The normalized spacial score (nSPS) is 11.1. The zero-order chi connectivity index (χ0) is 14.6. The molecule has 1 aromatic heterocycles. The van der Waals surface area contributed by atoms with Gasteiger partial charge in [0.15, 0.2) is 0 Å². The van der Waals surface area contributed by atoms with Crippen LogP contribution in [0, 0.1) is 0 Å². The predicted octanol–water partition coefficient (Wildman–Crippen LogP) is 1.35. The lowest BCUT2D eigenvalue weighted by Gasteiger charge is -2.07. The van der Waals surface area contributed by atoms with Crippen molar-refractivity contribution in [2.75, 3.05) is 12.4 Å². The number of benzene rings is 1. The number of ether oxygens (including phenoxy) is 1. The van der Waals surface area contributed by atoms with Crippen molar-refractivity contribution in [1.82, 2.24) is 4.98 Å². The molecule has 0 bridgehead atoms. The molecule has 0 aliphatic rings. The molecule has 6 nitrogen and oxygen atoms in total. The molecule has 0 saturated carbocycles. The maximum Gasteiger partial charge on any atom is 0.238 e. The van der Waals surface area contributed by atoms with Gasteiger partial charge in [-0.25, -0.2) is 18.5 Å². The van der Waals surface area contributed by atoms with Gasteiger partial charge in [-0.1, -0.05) is 6.07 Å². The van der Waals surface area contributed by atoms with Gasteiger partial charge in [0, 0.05) is 11.8 Å². The van der Waals surface area contributed by atoms with E-state index in [0.717, 1.165) is 11.4 Å². The Hall–Kier alpha value is -2.12. The number of aromatic nitrogens is 1. The Kier molecular flexibility index (Phi) is 4.21. The van der Waals surface area contributed by atoms with Crippen molar-refractivity contribution in [3.63, 3.8) is 0 Å². The molecule has 0 unspecified atom stereocenters. The molecule has 2 aromatic rings. The molecule has 7 heteroatoms. The van der Waals surface area contributed by atoms with Gasteiger partial charge in [0.2, 0.25) is 15.9 Å². The van der Waals surface area contributed by atoms with Gasteiger partial charge in [0.1, 0.15) is 0 Å². The van der Waals surface area contributed by atoms with Gasteiger partial charge < -0.3 is 10.1 Å². The van der Waals surface area contributed by atoms with E-state index in [1.165, 1.54) is 12.1 Å². The first-order valence-electron chi connectivity index (χ1n) is 5.86. The van der Waals surface area contributed by atoms with Gasteiger partial charge in [-0.2, -0.15) is 0 Å². The number of sulfonamides is 1. The fraction of sp³-hybridized carbons (Fsp3) is 0.154. The summed E-state index contributed by atoms with van der Waals surface area (Å²) in [5, 5.41) is 8.17. The van der Waals surface area contributed by atoms with E-state index in [1.54, 1.807) is 25.3 Å². The SMILES string of the molecule is COc1cccc(CNc2ccc(S(N)(=O)=O)cc2)n1. The lowest BCUT2D eigenvalue weighted by atomic mass is 10.3. The van der Waals surface area contributed by atoms with Gasteiger partial charge in [-0.05, 0) is 30.3 Å². The minimum atomic E-state index is -3.65. The zero-order valence-electron chi connectivity index (χ0n) is 10.9. The summed E-state index contributed by atoms with van der Waals surface area (Å²) in [7, 11) is -2.09. The van der Waals surface area contributed by atoms with Crippen molar-refractivity contribution < 1.29 is 13.2 Å². The Morgan fingerprint density at radius 2 is 1.90 bits per heavy atom. The van der Waals surface area contributed by atoms with Crippen molar-refractivity contribution in [3.05, 3.63) is 48.2 Å². The smallest absolute Gasteiger partial charge is 0.238 e. The van der Waals surface area contributed by atoms with Crippen molar-refractivity contribution in [2.45, 2.75) is 11.4 Å². The van der Waals surface area contributed by atoms with E-state index in [9.17, 15) is 8.42 Å². The number of hydrogen-bond acceptors (Lipinski definition) is 5. The van der Waals surface area contributed by atoms with E-state index in [0.29, 0.717) is 12.4 Å². The Balaban J connectivity index is 2.04. The van der Waals surface area contributed by atoms with Crippen molar-refractivity contribution >= 4 is 15.7 Å². The molecule has 0 amide bonds. The standard InChI is InChI=1S/C13H15N3O3S/c1-19-13-4-2-3-11(16-13)9-15-10-5-7-12(8-6-10)20(14,17)18/h2-8,15H,9H2,1H3,(H2,14,17,18). The molecule has 0 aliphatic carbocycles. The second-order valence-electron chi connectivity index (χ2n) is 4.09. The number of methoxy groups -OCH3 is 1. The number of nitrogens with zero attached hydrogens (tertiary/aromatic N) is 1. The number of pyridine rings is 1. The van der Waals surface area contributed by atoms with Gasteiger partial charge in [-0.3, -0.25) is 0 Å². The topological polar surface area (TPSA) is 94.3 Å². The van der Waals surface area contributed by atoms with E-state index < -0.39 is 10.0 Å². The second-order valence-corrected chi connectivity index (χ2v) is 5.66. The van der Waals surface area contributed by atoms with Crippen LogP contribution < -0.4 is 15.2 Å². The number of primary sulfonamides is 1. The Morgan fingerprint density at radius 1 is 1.20 bits per heavy atom. The number of hydrogen-bond donors (Lipinski definition) is 2. The first-order chi connectivity index (χ1) is 9.49. The average Bonchev–Trinajstić information content (AvgIpc) is 2.45. The van der Waals surface area contributed by atoms with Crippen LogP contribution in [-0.4, -0.2) is 20.5 Å². The van der Waals surface area contributed by atoms with Crippen LogP contribution in [0.4, 0.5) is 5.69 Å². The highest BCUT2D eigenvalue weighted by Crippen LogP contribution is 2.14. The number of rotatable bonds is 5. The Labute approximate surface area is 117 Å². The van der Waals surface area contributed by atoms with Crippen LogP contribution in [0.25, 0.3) is 0 Å². The minimum Gasteiger partial charge on any atom is -0.481 e. The largest absolute Gasteiger partial charge is 0.481 e. The summed E-state index contributed by atoms with van der Waals surface area (Å²) in [6, 6.07) is 11.7. The van der Waals surface area contributed by atoms with E-state index in [4.69, 9.17) is 9.88 Å². The summed E-state index contributed by atoms with van der Waals surface area (Å²) >= 11 is 0. The van der Waals surface area contributed by atoms with Gasteiger partial charge in [0.25, 0.3) is 0 Å². The molecule has 0 spiro atoms. The number of anilines is 1. The van der Waals surface area contributed by atoms with E-state index >= 15 is 0 Å². The fourth-order valence-electron chi connectivity index (χ4n) is 1.62. The van der Waals surface area contributed by atoms with Crippen molar-refractivity contribution in [1.29, 1.82) is 0 Å². The molecule has 2 rings (SSSR count). The quantitative estimate of drug-likeness (QED) is 0.867. The Bertz CT molecular complexity index is 684. The molecule has 0 radical (unpaired) electrons. The molecule has 1 heterocycles. The summed E-state index contributed by atoms with van der Waals surface area (Å²) in [6.45, 7) is 0.506. The third-order valence-electron chi connectivity index (χ3n) is 2.65. The molecule has 106 valence electrons. The highest BCUT2D eigenvalue weighted by atomic mass is 32.2. The zero-order valence-corrected chi connectivity index (χ0v) is 11.7. The van der Waals surface area contributed by atoms with Crippen LogP contribution in [0.15, 0.2) is 47.4 Å². The lowest BCUT2D eigenvalue weighted by Crippen LogP contribution is -2.12. The van der Waals surface area contributed by atoms with Gasteiger partial charge in [-0.15, -0.1) is 0 Å². The molecular weight excluding hydrogens is 278 g/mol. The summed E-state index contributed by atoms with van der Waals surface area (Å²) in [5.74, 6) is 0.550. The molecule has 1 aromatic carbocycles. The third-order valence-corrected chi connectivity index (χ3v) is 3.58. The van der Waals surface area contributed by atoms with E-state index in [1.807, 2.05) is 12.1 Å². The molecular formula is C13H15N3O3S. The minimum absolute atomic E-state index is 0.0857. The highest BCUT2D eigenvalue weighted by Gasteiger charge is 2.06. The number of nitrogens with one attached hydrogen (secondary N) is 1. The van der Waals surface area contributed by atoms with Crippen molar-refractivity contribution in [3.8, 4) is 5.88 Å². The van der Waals surface area contributed by atoms with Crippen LogP contribution in [0.1, 0.15) is 5.69 Å². The molecule has 3 N–H and O–H groups in total. The monoisotopic (exact) mass is 293 g/mol. The molecule has 0 fully saturated rings. The van der Waals surface area contributed by atoms with Crippen LogP contribution in [0.5, 0.6) is 5.88 Å². The maximum atomic E-state index is 11.1. The summed E-state index contributed by atoms with van der Waals surface area (Å²) < 4.78 is 27.3. The summed E-state index contributed by atoms with van der Waals surface area (Å²) in [6.07, 6.45) is 0. The van der Waals surface area contributed by atoms with E-state index in [-0.39, 0.29) is 4.90 Å². The summed E-state index contributed by atoms with van der Waals surface area (Å²) in [4.78, 5) is 4.35. The molecule has 0 saturated heterocycles. The summed E-state index contributed by atoms with van der Waals surface area (Å²) in [5.41, 5.74) is 1.60. The van der Waals surface area contributed by atoms with Crippen LogP contribution in [0.2, 0.25) is 0 Å². The third kappa shape index (κ3) is 3.69. The number of nitrogens with two attached hydrogens (primary N) is 1. The Morgan fingerprint density at radius 3 is 2.50 bits per heavy atom. The first-order valence-corrected chi connectivity index (χ1v) is 7.40. The van der Waals surface area contributed by atoms with Gasteiger partial charge in [0.05, 0.1) is 24.2 Å². The lowest BCUT2D eigenvalue weighted by molar-refractivity contribution is 0.396. The van der Waals surface area contributed by atoms with Crippen LogP contribution in [-0.2, 0) is 16.6 Å².